The van der Waals surface area contributed by atoms with Crippen molar-refractivity contribution in [2.24, 2.45) is 0 Å². The lowest BCUT2D eigenvalue weighted by atomic mass is 10.1. The molecule has 2 rings (SSSR count). The SMILES string of the molecule is Cc1ccc2c(=O)[nH]ncc2c1. The Balaban J connectivity index is 2.96. The van der Waals surface area contributed by atoms with Gasteiger partial charge in [-0.15, -0.1) is 0 Å². The summed E-state index contributed by atoms with van der Waals surface area (Å²) in [6.45, 7) is 1.99. The summed E-state index contributed by atoms with van der Waals surface area (Å²) in [6.07, 6.45) is 1.66. The molecule has 0 fully saturated rings. The molecule has 2 aromatic rings. The van der Waals surface area contributed by atoms with E-state index in [0.29, 0.717) is 5.39 Å². The van der Waals surface area contributed by atoms with E-state index in [1.807, 2.05) is 25.1 Å². The van der Waals surface area contributed by atoms with Crippen molar-refractivity contribution < 1.29 is 0 Å². The van der Waals surface area contributed by atoms with Crippen molar-refractivity contribution in [1.29, 1.82) is 0 Å². The van der Waals surface area contributed by atoms with Crippen LogP contribution in [-0.2, 0) is 0 Å². The first-order valence-corrected chi connectivity index (χ1v) is 3.71. The first-order valence-electron chi connectivity index (χ1n) is 3.71. The summed E-state index contributed by atoms with van der Waals surface area (Å²) in [5, 5.41) is 7.68. The Bertz CT molecular complexity index is 473. The van der Waals surface area contributed by atoms with Gasteiger partial charge >= 0.3 is 0 Å². The Morgan fingerprint density at radius 3 is 3.08 bits per heavy atom. The van der Waals surface area contributed by atoms with Crippen LogP contribution >= 0.6 is 0 Å². The molecule has 0 aliphatic rings. The van der Waals surface area contributed by atoms with Crippen LogP contribution in [0.25, 0.3) is 10.8 Å². The number of nitrogens with one attached hydrogen (secondary N) is 1. The number of hydrogen-bond donors (Lipinski definition) is 1. The van der Waals surface area contributed by atoms with Gasteiger partial charge < -0.3 is 0 Å². The third-order valence-corrected chi connectivity index (χ3v) is 1.82. The highest BCUT2D eigenvalue weighted by Gasteiger charge is 1.96. The van der Waals surface area contributed by atoms with E-state index < -0.39 is 0 Å². The first kappa shape index (κ1) is 7.03. The Hall–Kier alpha value is -1.64. The van der Waals surface area contributed by atoms with Crippen molar-refractivity contribution in [3.05, 3.63) is 40.3 Å². The van der Waals surface area contributed by atoms with E-state index in [1.165, 1.54) is 0 Å². The third kappa shape index (κ3) is 0.993. The molecule has 0 saturated carbocycles. The van der Waals surface area contributed by atoms with Crippen LogP contribution in [0.4, 0.5) is 0 Å². The zero-order valence-corrected chi connectivity index (χ0v) is 6.66. The number of aryl methyl sites for hydroxylation is 1. The van der Waals surface area contributed by atoms with Crippen molar-refractivity contribution in [2.45, 2.75) is 6.92 Å². The van der Waals surface area contributed by atoms with Crippen LogP contribution in [0.5, 0.6) is 0 Å². The Kier molecular flexibility index (Phi) is 1.43. The second-order valence-electron chi connectivity index (χ2n) is 2.79. The predicted octanol–water partition coefficient (Wildman–Crippen LogP) is 1.23. The first-order chi connectivity index (χ1) is 5.77. The van der Waals surface area contributed by atoms with Crippen LogP contribution in [0.15, 0.2) is 29.2 Å². The van der Waals surface area contributed by atoms with E-state index >= 15 is 0 Å². The molecule has 3 heteroatoms. The summed E-state index contributed by atoms with van der Waals surface area (Å²) < 4.78 is 0. The van der Waals surface area contributed by atoms with Gasteiger partial charge in [0.25, 0.3) is 5.56 Å². The van der Waals surface area contributed by atoms with Gasteiger partial charge in [0.15, 0.2) is 0 Å². The molecule has 0 aliphatic heterocycles. The molecule has 60 valence electrons. The highest BCUT2D eigenvalue weighted by atomic mass is 16.1. The average Bonchev–Trinajstić information content (AvgIpc) is 2.04. The zero-order chi connectivity index (χ0) is 8.55. The molecule has 0 radical (unpaired) electrons. The molecule has 1 N–H and O–H groups in total. The van der Waals surface area contributed by atoms with Gasteiger partial charge in [-0.05, 0) is 19.1 Å². The smallest absolute Gasteiger partial charge is 0.267 e. The van der Waals surface area contributed by atoms with Crippen LogP contribution in [0, 0.1) is 6.92 Å². The highest BCUT2D eigenvalue weighted by Crippen LogP contribution is 2.09. The van der Waals surface area contributed by atoms with Gasteiger partial charge in [0.2, 0.25) is 0 Å². The fourth-order valence-electron chi connectivity index (χ4n) is 1.22. The standard InChI is InChI=1S/C9H8N2O/c1-6-2-3-8-7(4-6)5-10-11-9(8)12/h2-5H,1H3,(H,11,12). The van der Waals surface area contributed by atoms with Gasteiger partial charge in [0.1, 0.15) is 0 Å². The minimum atomic E-state index is -0.132. The van der Waals surface area contributed by atoms with Crippen LogP contribution in [0.2, 0.25) is 0 Å². The summed E-state index contributed by atoms with van der Waals surface area (Å²) in [7, 11) is 0. The van der Waals surface area contributed by atoms with Crippen LogP contribution in [-0.4, -0.2) is 10.2 Å². The molecule has 0 saturated heterocycles. The molecule has 12 heavy (non-hydrogen) atoms. The summed E-state index contributed by atoms with van der Waals surface area (Å²) >= 11 is 0. The minimum Gasteiger partial charge on any atom is -0.267 e. The molecule has 1 heterocycles. The second-order valence-corrected chi connectivity index (χ2v) is 2.79. The monoisotopic (exact) mass is 160 g/mol. The van der Waals surface area contributed by atoms with Gasteiger partial charge in [-0.2, -0.15) is 5.10 Å². The number of fused-ring (bicyclic) bond motifs is 1. The average molecular weight is 160 g/mol. The van der Waals surface area contributed by atoms with E-state index in [2.05, 4.69) is 10.2 Å². The predicted molar refractivity (Wildman–Crippen MR) is 47.1 cm³/mol. The molecular formula is C9H8N2O. The molecule has 1 aromatic heterocycles. The normalized spacial score (nSPS) is 10.4. The van der Waals surface area contributed by atoms with Crippen molar-refractivity contribution in [3.63, 3.8) is 0 Å². The number of H-pyrrole nitrogens is 1. The summed E-state index contributed by atoms with van der Waals surface area (Å²) in [6, 6.07) is 5.67. The Morgan fingerprint density at radius 1 is 1.42 bits per heavy atom. The van der Waals surface area contributed by atoms with E-state index in [4.69, 9.17) is 0 Å². The largest absolute Gasteiger partial charge is 0.272 e. The summed E-state index contributed by atoms with van der Waals surface area (Å²) in [5.74, 6) is 0. The lowest BCUT2D eigenvalue weighted by Crippen LogP contribution is -2.06. The molecule has 0 atom stereocenters. The molecule has 0 unspecified atom stereocenters. The van der Waals surface area contributed by atoms with E-state index in [1.54, 1.807) is 6.20 Å². The van der Waals surface area contributed by atoms with Crippen molar-refractivity contribution in [2.75, 3.05) is 0 Å². The third-order valence-electron chi connectivity index (χ3n) is 1.82. The van der Waals surface area contributed by atoms with Crippen LogP contribution in [0.3, 0.4) is 0 Å². The topological polar surface area (TPSA) is 45.8 Å². The van der Waals surface area contributed by atoms with Gasteiger partial charge in [0, 0.05) is 5.39 Å². The highest BCUT2D eigenvalue weighted by molar-refractivity contribution is 5.80. The van der Waals surface area contributed by atoms with Crippen LogP contribution < -0.4 is 5.56 Å². The molecule has 0 bridgehead atoms. The van der Waals surface area contributed by atoms with Crippen molar-refractivity contribution >= 4 is 10.8 Å². The number of rotatable bonds is 0. The van der Waals surface area contributed by atoms with Crippen molar-refractivity contribution in [1.82, 2.24) is 10.2 Å². The van der Waals surface area contributed by atoms with Gasteiger partial charge in [0.05, 0.1) is 11.6 Å². The van der Waals surface area contributed by atoms with Crippen LogP contribution in [0.1, 0.15) is 5.56 Å². The van der Waals surface area contributed by atoms with Gasteiger partial charge in [-0.3, -0.25) is 4.79 Å². The lowest BCUT2D eigenvalue weighted by Gasteiger charge is -1.95. The lowest BCUT2D eigenvalue weighted by molar-refractivity contribution is 1.01. The summed E-state index contributed by atoms with van der Waals surface area (Å²) in [5.41, 5.74) is 1.00. The fraction of sp³-hybridized carbons (Fsp3) is 0.111. The molecule has 0 aliphatic carbocycles. The number of benzene rings is 1. The number of nitrogens with zero attached hydrogens (tertiary/aromatic N) is 1. The fourth-order valence-corrected chi connectivity index (χ4v) is 1.22. The maximum atomic E-state index is 11.2. The molecular weight excluding hydrogens is 152 g/mol. The molecule has 0 amide bonds. The number of hydrogen-bond acceptors (Lipinski definition) is 2. The minimum absolute atomic E-state index is 0.132. The quantitative estimate of drug-likeness (QED) is 0.630. The maximum absolute atomic E-state index is 11.2. The van der Waals surface area contributed by atoms with E-state index in [0.717, 1.165) is 10.9 Å². The molecule has 3 nitrogen and oxygen atoms in total. The number of aromatic nitrogens is 2. The Morgan fingerprint density at radius 2 is 2.25 bits per heavy atom. The van der Waals surface area contributed by atoms with E-state index in [-0.39, 0.29) is 5.56 Å². The van der Waals surface area contributed by atoms with E-state index in [9.17, 15) is 4.79 Å². The summed E-state index contributed by atoms with van der Waals surface area (Å²) in [4.78, 5) is 11.2. The van der Waals surface area contributed by atoms with Gasteiger partial charge in [-0.25, -0.2) is 5.10 Å². The zero-order valence-electron chi connectivity index (χ0n) is 6.66. The Labute approximate surface area is 69.0 Å². The molecule has 0 spiro atoms. The number of aromatic amines is 1. The van der Waals surface area contributed by atoms with Crippen molar-refractivity contribution in [3.8, 4) is 0 Å². The maximum Gasteiger partial charge on any atom is 0.272 e. The van der Waals surface area contributed by atoms with Gasteiger partial charge in [-0.1, -0.05) is 11.6 Å². The second kappa shape index (κ2) is 2.44. The molecule has 1 aromatic carbocycles.